The SMILES string of the molecule is O=C(CNc1ccc(Cl)cc1)N[C@@H](c1ccccc1)c1cccs1. The number of carbonyl (C=O) groups is 1. The van der Waals surface area contributed by atoms with E-state index in [0.717, 1.165) is 16.1 Å². The van der Waals surface area contributed by atoms with Crippen LogP contribution in [0.2, 0.25) is 5.02 Å². The Balaban J connectivity index is 1.66. The first-order valence-corrected chi connectivity index (χ1v) is 8.85. The van der Waals surface area contributed by atoms with Crippen LogP contribution >= 0.6 is 22.9 Å². The summed E-state index contributed by atoms with van der Waals surface area (Å²) in [5.41, 5.74) is 1.93. The van der Waals surface area contributed by atoms with Crippen molar-refractivity contribution in [3.05, 3.63) is 87.6 Å². The standard InChI is InChI=1S/C19H17ClN2OS/c20-15-8-10-16(11-9-15)21-13-18(23)22-19(17-7-4-12-24-17)14-5-2-1-3-6-14/h1-12,19,21H,13H2,(H,22,23)/t19-/m0/s1. The van der Waals surface area contributed by atoms with Gasteiger partial charge in [0.1, 0.15) is 0 Å². The number of rotatable bonds is 6. The lowest BCUT2D eigenvalue weighted by molar-refractivity contribution is -0.119. The molecule has 5 heteroatoms. The van der Waals surface area contributed by atoms with Gasteiger partial charge in [-0.15, -0.1) is 11.3 Å². The predicted octanol–water partition coefficient (Wildman–Crippen LogP) is 4.72. The van der Waals surface area contributed by atoms with E-state index in [-0.39, 0.29) is 18.5 Å². The zero-order valence-electron chi connectivity index (χ0n) is 12.9. The maximum atomic E-state index is 12.4. The summed E-state index contributed by atoms with van der Waals surface area (Å²) in [5.74, 6) is -0.0628. The summed E-state index contributed by atoms with van der Waals surface area (Å²) in [6.07, 6.45) is 0. The minimum atomic E-state index is -0.134. The van der Waals surface area contributed by atoms with Crippen LogP contribution < -0.4 is 10.6 Å². The molecule has 2 N–H and O–H groups in total. The third kappa shape index (κ3) is 4.37. The Kier molecular flexibility index (Phi) is 5.51. The van der Waals surface area contributed by atoms with Crippen LogP contribution in [0.1, 0.15) is 16.5 Å². The van der Waals surface area contributed by atoms with E-state index < -0.39 is 0 Å². The van der Waals surface area contributed by atoms with E-state index in [2.05, 4.69) is 10.6 Å². The fourth-order valence-corrected chi connectivity index (χ4v) is 3.31. The van der Waals surface area contributed by atoms with E-state index >= 15 is 0 Å². The molecule has 0 bridgehead atoms. The summed E-state index contributed by atoms with van der Waals surface area (Å²) in [7, 11) is 0. The highest BCUT2D eigenvalue weighted by atomic mass is 35.5. The molecule has 2 aromatic carbocycles. The highest BCUT2D eigenvalue weighted by molar-refractivity contribution is 7.10. The van der Waals surface area contributed by atoms with Gasteiger partial charge in [0.05, 0.1) is 12.6 Å². The molecule has 0 aliphatic heterocycles. The molecule has 0 radical (unpaired) electrons. The quantitative estimate of drug-likeness (QED) is 0.671. The molecular formula is C19H17ClN2OS. The van der Waals surface area contributed by atoms with Gasteiger partial charge < -0.3 is 10.6 Å². The predicted molar refractivity (Wildman–Crippen MR) is 101 cm³/mol. The number of nitrogens with one attached hydrogen (secondary N) is 2. The summed E-state index contributed by atoms with van der Waals surface area (Å²) in [6.45, 7) is 0.205. The van der Waals surface area contributed by atoms with Gasteiger partial charge in [-0.25, -0.2) is 0 Å². The molecule has 1 heterocycles. The van der Waals surface area contributed by atoms with Gasteiger partial charge in [-0.1, -0.05) is 48.0 Å². The molecule has 3 aromatic rings. The van der Waals surface area contributed by atoms with E-state index in [1.54, 1.807) is 23.5 Å². The largest absolute Gasteiger partial charge is 0.376 e. The zero-order chi connectivity index (χ0) is 16.8. The van der Waals surface area contributed by atoms with Crippen LogP contribution in [0.15, 0.2) is 72.1 Å². The van der Waals surface area contributed by atoms with Crippen LogP contribution in [0.4, 0.5) is 5.69 Å². The lowest BCUT2D eigenvalue weighted by atomic mass is 10.1. The first-order chi connectivity index (χ1) is 11.7. The van der Waals surface area contributed by atoms with Crippen LogP contribution in [0.25, 0.3) is 0 Å². The van der Waals surface area contributed by atoms with Crippen molar-refractivity contribution in [3.63, 3.8) is 0 Å². The van der Waals surface area contributed by atoms with E-state index in [4.69, 9.17) is 11.6 Å². The van der Waals surface area contributed by atoms with Crippen molar-refractivity contribution in [2.45, 2.75) is 6.04 Å². The normalized spacial score (nSPS) is 11.7. The first-order valence-electron chi connectivity index (χ1n) is 7.59. The van der Waals surface area contributed by atoms with Crippen molar-refractivity contribution < 1.29 is 4.79 Å². The average Bonchev–Trinajstić information content (AvgIpc) is 3.14. The Labute approximate surface area is 150 Å². The molecule has 0 aliphatic carbocycles. The molecule has 24 heavy (non-hydrogen) atoms. The van der Waals surface area contributed by atoms with Gasteiger partial charge in [0, 0.05) is 15.6 Å². The fourth-order valence-electron chi connectivity index (χ4n) is 2.38. The van der Waals surface area contributed by atoms with Crippen molar-refractivity contribution in [2.75, 3.05) is 11.9 Å². The summed E-state index contributed by atoms with van der Waals surface area (Å²) < 4.78 is 0. The second-order valence-electron chi connectivity index (χ2n) is 5.29. The molecule has 0 saturated carbocycles. The van der Waals surface area contributed by atoms with Gasteiger partial charge in [-0.2, -0.15) is 0 Å². The summed E-state index contributed by atoms with van der Waals surface area (Å²) in [6, 6.07) is 21.2. The van der Waals surface area contributed by atoms with Crippen LogP contribution in [-0.4, -0.2) is 12.5 Å². The van der Waals surface area contributed by atoms with E-state index in [1.807, 2.05) is 60.0 Å². The lowest BCUT2D eigenvalue weighted by Crippen LogP contribution is -2.33. The number of hydrogen-bond acceptors (Lipinski definition) is 3. The van der Waals surface area contributed by atoms with Crippen molar-refractivity contribution >= 4 is 34.5 Å². The number of thiophene rings is 1. The zero-order valence-corrected chi connectivity index (χ0v) is 14.5. The molecule has 3 nitrogen and oxygen atoms in total. The molecule has 3 rings (SSSR count). The molecule has 1 atom stereocenters. The number of carbonyl (C=O) groups excluding carboxylic acids is 1. The number of halogens is 1. The molecule has 1 amide bonds. The molecule has 0 fully saturated rings. The van der Waals surface area contributed by atoms with Gasteiger partial charge in [0.2, 0.25) is 5.91 Å². The van der Waals surface area contributed by atoms with Gasteiger partial charge in [-0.3, -0.25) is 4.79 Å². The van der Waals surface area contributed by atoms with Crippen molar-refractivity contribution in [1.29, 1.82) is 0 Å². The van der Waals surface area contributed by atoms with Gasteiger partial charge in [-0.05, 0) is 41.3 Å². The Morgan fingerprint density at radius 3 is 2.42 bits per heavy atom. The Morgan fingerprint density at radius 2 is 1.75 bits per heavy atom. The van der Waals surface area contributed by atoms with Crippen molar-refractivity contribution in [3.8, 4) is 0 Å². The molecule has 122 valence electrons. The second-order valence-corrected chi connectivity index (χ2v) is 6.70. The topological polar surface area (TPSA) is 41.1 Å². The lowest BCUT2D eigenvalue weighted by Gasteiger charge is -2.18. The molecule has 1 aromatic heterocycles. The summed E-state index contributed by atoms with van der Waals surface area (Å²) >= 11 is 7.50. The van der Waals surface area contributed by atoms with E-state index in [9.17, 15) is 4.79 Å². The summed E-state index contributed by atoms with van der Waals surface area (Å²) in [4.78, 5) is 13.5. The van der Waals surface area contributed by atoms with Crippen LogP contribution in [0, 0.1) is 0 Å². The third-order valence-corrected chi connectivity index (χ3v) is 4.75. The van der Waals surface area contributed by atoms with E-state index in [0.29, 0.717) is 5.02 Å². The molecule has 0 saturated heterocycles. The monoisotopic (exact) mass is 356 g/mol. The highest BCUT2D eigenvalue weighted by Gasteiger charge is 2.17. The van der Waals surface area contributed by atoms with Crippen LogP contribution in [-0.2, 0) is 4.79 Å². The molecule has 0 aliphatic rings. The summed E-state index contributed by atoms with van der Waals surface area (Å²) in [5, 5.41) is 8.90. The number of amides is 1. The average molecular weight is 357 g/mol. The minimum absolute atomic E-state index is 0.0628. The van der Waals surface area contributed by atoms with E-state index in [1.165, 1.54) is 0 Å². The van der Waals surface area contributed by atoms with Crippen molar-refractivity contribution in [2.24, 2.45) is 0 Å². The van der Waals surface area contributed by atoms with Crippen molar-refractivity contribution in [1.82, 2.24) is 5.32 Å². The van der Waals surface area contributed by atoms with Gasteiger partial charge in [0.25, 0.3) is 0 Å². The first kappa shape index (κ1) is 16.6. The molecular weight excluding hydrogens is 340 g/mol. The smallest absolute Gasteiger partial charge is 0.240 e. The Bertz CT molecular complexity index is 773. The second kappa shape index (κ2) is 7.99. The molecule has 0 spiro atoms. The molecule has 0 unspecified atom stereocenters. The Morgan fingerprint density at radius 1 is 1.00 bits per heavy atom. The highest BCUT2D eigenvalue weighted by Crippen LogP contribution is 2.25. The van der Waals surface area contributed by atoms with Gasteiger partial charge >= 0.3 is 0 Å². The van der Waals surface area contributed by atoms with Gasteiger partial charge in [0.15, 0.2) is 0 Å². The maximum absolute atomic E-state index is 12.4. The van der Waals surface area contributed by atoms with Crippen LogP contribution in [0.3, 0.4) is 0 Å². The minimum Gasteiger partial charge on any atom is -0.376 e. The number of hydrogen-bond donors (Lipinski definition) is 2. The number of anilines is 1. The Hall–Kier alpha value is -2.30. The third-order valence-electron chi connectivity index (χ3n) is 3.56. The maximum Gasteiger partial charge on any atom is 0.240 e. The van der Waals surface area contributed by atoms with Crippen LogP contribution in [0.5, 0.6) is 0 Å². The fraction of sp³-hybridized carbons (Fsp3) is 0.105. The number of benzene rings is 2.